The first kappa shape index (κ1) is 17.0. The van der Waals surface area contributed by atoms with Crippen molar-refractivity contribution >= 4 is 11.7 Å². The van der Waals surface area contributed by atoms with Crippen LogP contribution in [0, 0.1) is 5.82 Å². The zero-order valence-corrected chi connectivity index (χ0v) is 13.4. The molecule has 0 aliphatic carbocycles. The largest absolute Gasteiger partial charge is 0.349 e. The highest BCUT2D eigenvalue weighted by Gasteiger charge is 2.35. The highest BCUT2D eigenvalue weighted by Crippen LogP contribution is 2.13. The molecule has 130 valence electrons. The van der Waals surface area contributed by atoms with E-state index < -0.39 is 12.1 Å². The van der Waals surface area contributed by atoms with Crippen molar-refractivity contribution in [2.75, 3.05) is 13.1 Å². The predicted molar refractivity (Wildman–Crippen MR) is 83.8 cm³/mol. The van der Waals surface area contributed by atoms with E-state index in [1.165, 1.54) is 19.1 Å². The summed E-state index contributed by atoms with van der Waals surface area (Å²) in [6.07, 6.45) is -0.221. The van der Waals surface area contributed by atoms with Gasteiger partial charge in [0.15, 0.2) is 5.78 Å². The van der Waals surface area contributed by atoms with Crippen LogP contribution < -0.4 is 16.2 Å². The molecule has 2 fully saturated rings. The van der Waals surface area contributed by atoms with E-state index in [-0.39, 0.29) is 23.5 Å². The van der Waals surface area contributed by atoms with Gasteiger partial charge in [-0.1, -0.05) is 12.1 Å². The molecular formula is C16H21FN4O3. The molecule has 7 nitrogen and oxygen atoms in total. The van der Waals surface area contributed by atoms with Gasteiger partial charge in [0.1, 0.15) is 18.0 Å². The Morgan fingerprint density at radius 3 is 3.00 bits per heavy atom. The first-order chi connectivity index (χ1) is 11.5. The normalized spacial score (nSPS) is 27.3. The van der Waals surface area contributed by atoms with E-state index in [1.807, 2.05) is 11.1 Å². The van der Waals surface area contributed by atoms with Crippen molar-refractivity contribution in [1.29, 1.82) is 0 Å². The molecule has 0 bridgehead atoms. The van der Waals surface area contributed by atoms with Crippen molar-refractivity contribution in [3.05, 3.63) is 35.6 Å². The van der Waals surface area contributed by atoms with Gasteiger partial charge in [-0.15, -0.1) is 0 Å². The first-order valence-electron chi connectivity index (χ1n) is 7.96. The van der Waals surface area contributed by atoms with Crippen LogP contribution in [0.2, 0.25) is 0 Å². The Morgan fingerprint density at radius 1 is 1.46 bits per heavy atom. The number of carbonyl (C=O) groups excluding carboxylic acids is 2. The van der Waals surface area contributed by atoms with Crippen LogP contribution in [0.4, 0.5) is 4.39 Å². The molecule has 2 aliphatic heterocycles. The van der Waals surface area contributed by atoms with Crippen molar-refractivity contribution in [2.45, 2.75) is 38.1 Å². The lowest BCUT2D eigenvalue weighted by Crippen LogP contribution is -2.46. The second-order valence-corrected chi connectivity index (χ2v) is 6.20. The molecule has 3 unspecified atom stereocenters. The number of halogens is 1. The first-order valence-corrected chi connectivity index (χ1v) is 7.96. The van der Waals surface area contributed by atoms with Gasteiger partial charge in [-0.05, 0) is 24.6 Å². The molecule has 0 radical (unpaired) electrons. The molecule has 0 spiro atoms. The monoisotopic (exact) mass is 336 g/mol. The van der Waals surface area contributed by atoms with Gasteiger partial charge < -0.3 is 5.32 Å². The van der Waals surface area contributed by atoms with Crippen molar-refractivity contribution in [3.63, 3.8) is 0 Å². The predicted octanol–water partition coefficient (Wildman–Crippen LogP) is -0.118. The summed E-state index contributed by atoms with van der Waals surface area (Å²) in [6.45, 7) is 3.22. The molecule has 8 heteroatoms. The molecule has 0 aromatic heterocycles. The highest BCUT2D eigenvalue weighted by atomic mass is 19.1. The minimum Gasteiger partial charge on any atom is -0.349 e. The minimum atomic E-state index is -0.563. The fourth-order valence-electron chi connectivity index (χ4n) is 2.89. The third kappa shape index (κ3) is 4.15. The van der Waals surface area contributed by atoms with Crippen molar-refractivity contribution in [3.8, 4) is 0 Å². The summed E-state index contributed by atoms with van der Waals surface area (Å²) in [4.78, 5) is 28.6. The van der Waals surface area contributed by atoms with Crippen LogP contribution in [0.1, 0.15) is 18.9 Å². The van der Waals surface area contributed by atoms with E-state index >= 15 is 0 Å². The van der Waals surface area contributed by atoms with Crippen LogP contribution >= 0.6 is 0 Å². The van der Waals surface area contributed by atoms with E-state index in [4.69, 9.17) is 4.84 Å². The molecule has 2 heterocycles. The van der Waals surface area contributed by atoms with E-state index in [0.717, 1.165) is 5.56 Å². The van der Waals surface area contributed by atoms with E-state index in [9.17, 15) is 14.0 Å². The van der Waals surface area contributed by atoms with E-state index in [1.54, 1.807) is 6.07 Å². The summed E-state index contributed by atoms with van der Waals surface area (Å²) in [5.74, 6) is -0.538. The smallest absolute Gasteiger partial charge is 0.239 e. The van der Waals surface area contributed by atoms with Crippen LogP contribution in [0.15, 0.2) is 24.3 Å². The maximum absolute atomic E-state index is 13.2. The van der Waals surface area contributed by atoms with Gasteiger partial charge in [0.2, 0.25) is 5.91 Å². The van der Waals surface area contributed by atoms with E-state index in [2.05, 4.69) is 16.2 Å². The molecule has 2 saturated heterocycles. The van der Waals surface area contributed by atoms with Gasteiger partial charge in [0, 0.05) is 26.1 Å². The standard InChI is InChI=1S/C16H21FN4O3/c1-10(22)15-6-14(20-24-15)16(23)19-13-7-18-21(9-13)8-11-3-2-4-12(17)5-11/h2-5,13-15,18,20H,6-9H2,1H3,(H,19,23). The number of rotatable bonds is 5. The molecule has 1 aromatic rings. The number of ketones is 1. The lowest BCUT2D eigenvalue weighted by atomic mass is 10.1. The van der Waals surface area contributed by atoms with Gasteiger partial charge in [-0.3, -0.25) is 19.9 Å². The fourth-order valence-corrected chi connectivity index (χ4v) is 2.89. The Bertz CT molecular complexity index is 627. The Balaban J connectivity index is 1.46. The number of nitrogens with one attached hydrogen (secondary N) is 3. The molecule has 3 rings (SSSR count). The van der Waals surface area contributed by atoms with Gasteiger partial charge in [-0.25, -0.2) is 9.40 Å². The lowest BCUT2D eigenvalue weighted by Gasteiger charge is -2.17. The molecule has 1 amide bonds. The van der Waals surface area contributed by atoms with E-state index in [0.29, 0.717) is 26.1 Å². The average Bonchev–Trinajstić information content (AvgIpc) is 3.17. The number of hydrazine groups is 1. The molecule has 0 saturated carbocycles. The SMILES string of the molecule is CC(=O)C1CC(C(=O)NC2CNN(Cc3cccc(F)c3)C2)NO1. The number of Topliss-reactive ketones (excluding diaryl/α,β-unsaturated/α-hetero) is 1. The van der Waals surface area contributed by atoms with Gasteiger partial charge in [0.05, 0.1) is 6.04 Å². The number of nitrogens with zero attached hydrogens (tertiary/aromatic N) is 1. The van der Waals surface area contributed by atoms with Crippen LogP contribution in [0.3, 0.4) is 0 Å². The Morgan fingerprint density at radius 2 is 2.29 bits per heavy atom. The summed E-state index contributed by atoms with van der Waals surface area (Å²) in [6, 6.07) is 5.88. The summed E-state index contributed by atoms with van der Waals surface area (Å²) >= 11 is 0. The minimum absolute atomic E-state index is 0.0516. The molecule has 3 atom stereocenters. The summed E-state index contributed by atoms with van der Waals surface area (Å²) in [7, 11) is 0. The topological polar surface area (TPSA) is 82.7 Å². The number of benzene rings is 1. The molecule has 2 aliphatic rings. The Kier molecular flexibility index (Phi) is 5.20. The zero-order valence-electron chi connectivity index (χ0n) is 13.4. The zero-order chi connectivity index (χ0) is 17.1. The Hall–Kier alpha value is -1.87. The lowest BCUT2D eigenvalue weighted by molar-refractivity contribution is -0.130. The summed E-state index contributed by atoms with van der Waals surface area (Å²) < 4.78 is 13.2. The maximum Gasteiger partial charge on any atom is 0.239 e. The second kappa shape index (κ2) is 7.35. The third-order valence-corrected chi connectivity index (χ3v) is 4.18. The van der Waals surface area contributed by atoms with Gasteiger partial charge in [0.25, 0.3) is 0 Å². The van der Waals surface area contributed by atoms with Crippen molar-refractivity contribution in [1.82, 2.24) is 21.2 Å². The molecule has 24 heavy (non-hydrogen) atoms. The number of carbonyl (C=O) groups is 2. The molecule has 3 N–H and O–H groups in total. The van der Waals surface area contributed by atoms with Crippen LogP contribution in [-0.2, 0) is 21.0 Å². The quantitative estimate of drug-likeness (QED) is 0.696. The molecular weight excluding hydrogens is 315 g/mol. The van der Waals surface area contributed by atoms with Gasteiger partial charge >= 0.3 is 0 Å². The number of hydrogen-bond acceptors (Lipinski definition) is 6. The number of hydrogen-bond donors (Lipinski definition) is 3. The summed E-state index contributed by atoms with van der Waals surface area (Å²) in [5.41, 5.74) is 6.66. The average molecular weight is 336 g/mol. The highest BCUT2D eigenvalue weighted by molar-refractivity contribution is 5.85. The summed E-state index contributed by atoms with van der Waals surface area (Å²) in [5, 5.41) is 4.88. The number of amides is 1. The number of hydroxylamine groups is 1. The molecule has 1 aromatic carbocycles. The van der Waals surface area contributed by atoms with Crippen LogP contribution in [-0.4, -0.2) is 48.0 Å². The Labute approximate surface area is 139 Å². The van der Waals surface area contributed by atoms with Gasteiger partial charge in [-0.2, -0.15) is 5.48 Å². The fraction of sp³-hybridized carbons (Fsp3) is 0.500. The van der Waals surface area contributed by atoms with Crippen molar-refractivity contribution < 1.29 is 18.8 Å². The second-order valence-electron chi connectivity index (χ2n) is 6.20. The van der Waals surface area contributed by atoms with Crippen LogP contribution in [0.25, 0.3) is 0 Å². The van der Waals surface area contributed by atoms with Crippen LogP contribution in [0.5, 0.6) is 0 Å². The van der Waals surface area contributed by atoms with Crippen molar-refractivity contribution in [2.24, 2.45) is 0 Å². The third-order valence-electron chi connectivity index (χ3n) is 4.18. The maximum atomic E-state index is 13.2.